The van der Waals surface area contributed by atoms with E-state index in [-0.39, 0.29) is 30.7 Å². The third-order valence-electron chi connectivity index (χ3n) is 5.88. The third-order valence-corrected chi connectivity index (χ3v) is 5.88. The maximum atomic E-state index is 12.7. The topological polar surface area (TPSA) is 75.4 Å². The van der Waals surface area contributed by atoms with Gasteiger partial charge in [-0.3, -0.25) is 9.59 Å². The van der Waals surface area contributed by atoms with Crippen molar-refractivity contribution < 1.29 is 14.1 Å². The van der Waals surface area contributed by atoms with Crippen LogP contribution in [0.4, 0.5) is 5.69 Å². The van der Waals surface area contributed by atoms with E-state index in [1.807, 2.05) is 61.5 Å². The second-order valence-corrected chi connectivity index (χ2v) is 8.20. The van der Waals surface area contributed by atoms with Crippen molar-refractivity contribution in [1.82, 2.24) is 10.5 Å². The summed E-state index contributed by atoms with van der Waals surface area (Å²) in [5, 5.41) is 9.27. The molecule has 160 valence electrons. The Bertz CT molecular complexity index is 1290. The fraction of sp³-hybridized carbons (Fsp3) is 0.192. The molecule has 6 nitrogen and oxygen atoms in total. The minimum Gasteiger partial charge on any atom is -0.356 e. The summed E-state index contributed by atoms with van der Waals surface area (Å²) in [5.74, 6) is 0.0921. The van der Waals surface area contributed by atoms with Gasteiger partial charge >= 0.3 is 0 Å². The number of amides is 2. The number of hydrogen-bond acceptors (Lipinski definition) is 4. The molecule has 1 saturated heterocycles. The Labute approximate surface area is 185 Å². The summed E-state index contributed by atoms with van der Waals surface area (Å²) in [6.45, 7) is 2.64. The third kappa shape index (κ3) is 3.99. The van der Waals surface area contributed by atoms with Gasteiger partial charge in [-0.1, -0.05) is 59.3 Å². The predicted octanol–water partition coefficient (Wildman–Crippen LogP) is 4.47. The molecule has 6 heteroatoms. The Morgan fingerprint density at radius 2 is 1.84 bits per heavy atom. The van der Waals surface area contributed by atoms with Gasteiger partial charge in [0.2, 0.25) is 11.8 Å². The highest BCUT2D eigenvalue weighted by atomic mass is 16.5. The lowest BCUT2D eigenvalue weighted by molar-refractivity contribution is -0.126. The quantitative estimate of drug-likeness (QED) is 0.512. The zero-order chi connectivity index (χ0) is 22.1. The molecule has 1 aromatic heterocycles. The van der Waals surface area contributed by atoms with Crippen LogP contribution in [0.3, 0.4) is 0 Å². The van der Waals surface area contributed by atoms with Gasteiger partial charge in [-0.05, 0) is 35.9 Å². The molecule has 3 aromatic carbocycles. The summed E-state index contributed by atoms with van der Waals surface area (Å²) in [5.41, 5.74) is 3.53. The molecule has 0 bridgehead atoms. The van der Waals surface area contributed by atoms with Crippen molar-refractivity contribution in [1.29, 1.82) is 0 Å². The molecule has 0 radical (unpaired) electrons. The number of nitrogens with one attached hydrogen (secondary N) is 1. The number of carbonyl (C=O) groups is 2. The van der Waals surface area contributed by atoms with Crippen LogP contribution in [0.25, 0.3) is 22.1 Å². The monoisotopic (exact) mass is 425 g/mol. The highest BCUT2D eigenvalue weighted by Gasteiger charge is 2.35. The van der Waals surface area contributed by atoms with Crippen LogP contribution in [-0.2, 0) is 16.1 Å². The Balaban J connectivity index is 1.21. The van der Waals surface area contributed by atoms with Crippen molar-refractivity contribution in [3.8, 4) is 11.3 Å². The molecule has 0 saturated carbocycles. The van der Waals surface area contributed by atoms with Crippen LogP contribution in [0, 0.1) is 12.8 Å². The molecule has 1 atom stereocenters. The van der Waals surface area contributed by atoms with Crippen molar-refractivity contribution in [3.05, 3.63) is 84.1 Å². The number of anilines is 1. The molecule has 2 heterocycles. The number of aryl methyl sites for hydroxylation is 1. The first-order chi connectivity index (χ1) is 15.6. The zero-order valence-electron chi connectivity index (χ0n) is 17.7. The standard InChI is InChI=1S/C26H23N3O3/c1-17-6-10-23(11-7-17)29-16-21(13-25(29)30)26(31)27-15-22-14-24(32-28-22)20-9-8-18-4-2-3-5-19(18)12-20/h2-12,14,21H,13,15-16H2,1H3,(H,27,31). The first-order valence-corrected chi connectivity index (χ1v) is 10.7. The Hall–Kier alpha value is -3.93. The molecule has 5 rings (SSSR count). The van der Waals surface area contributed by atoms with Crippen LogP contribution in [-0.4, -0.2) is 23.5 Å². The minimum absolute atomic E-state index is 0.0333. The zero-order valence-corrected chi connectivity index (χ0v) is 17.7. The van der Waals surface area contributed by atoms with E-state index in [2.05, 4.69) is 28.7 Å². The number of benzene rings is 3. The number of rotatable bonds is 5. The highest BCUT2D eigenvalue weighted by Crippen LogP contribution is 2.27. The van der Waals surface area contributed by atoms with Crippen LogP contribution >= 0.6 is 0 Å². The van der Waals surface area contributed by atoms with Gasteiger partial charge in [0, 0.05) is 30.3 Å². The van der Waals surface area contributed by atoms with E-state index in [9.17, 15) is 9.59 Å². The summed E-state index contributed by atoms with van der Waals surface area (Å²) >= 11 is 0. The molecule has 1 unspecified atom stereocenters. The SMILES string of the molecule is Cc1ccc(N2CC(C(=O)NCc3cc(-c4ccc5ccccc5c4)on3)CC2=O)cc1. The van der Waals surface area contributed by atoms with Crippen LogP contribution in [0.5, 0.6) is 0 Å². The largest absolute Gasteiger partial charge is 0.356 e. The first-order valence-electron chi connectivity index (χ1n) is 10.7. The molecule has 1 aliphatic heterocycles. The molecule has 0 spiro atoms. The van der Waals surface area contributed by atoms with E-state index in [1.54, 1.807) is 4.90 Å². The maximum absolute atomic E-state index is 12.7. The van der Waals surface area contributed by atoms with E-state index in [4.69, 9.17) is 4.52 Å². The first kappa shape index (κ1) is 20.0. The summed E-state index contributed by atoms with van der Waals surface area (Å²) in [6.07, 6.45) is 0.209. The van der Waals surface area contributed by atoms with Gasteiger partial charge in [0.1, 0.15) is 5.69 Å². The van der Waals surface area contributed by atoms with E-state index < -0.39 is 0 Å². The second kappa shape index (κ2) is 8.30. The van der Waals surface area contributed by atoms with Gasteiger partial charge in [-0.2, -0.15) is 0 Å². The molecule has 2 amide bonds. The van der Waals surface area contributed by atoms with Crippen LogP contribution < -0.4 is 10.2 Å². The Morgan fingerprint density at radius 1 is 1.06 bits per heavy atom. The number of hydrogen-bond donors (Lipinski definition) is 1. The lowest BCUT2D eigenvalue weighted by Gasteiger charge is -2.16. The lowest BCUT2D eigenvalue weighted by Crippen LogP contribution is -2.32. The minimum atomic E-state index is -0.379. The second-order valence-electron chi connectivity index (χ2n) is 8.20. The Kier molecular flexibility index (Phi) is 5.19. The molecular formula is C26H23N3O3. The lowest BCUT2D eigenvalue weighted by atomic mass is 10.1. The van der Waals surface area contributed by atoms with Crippen molar-refractivity contribution in [2.24, 2.45) is 5.92 Å². The average molecular weight is 425 g/mol. The van der Waals surface area contributed by atoms with Gasteiger partial charge < -0.3 is 14.7 Å². The smallest absolute Gasteiger partial charge is 0.227 e. The van der Waals surface area contributed by atoms with Gasteiger partial charge in [0.05, 0.1) is 12.5 Å². The van der Waals surface area contributed by atoms with E-state index >= 15 is 0 Å². The van der Waals surface area contributed by atoms with Gasteiger partial charge in [0.25, 0.3) is 0 Å². The highest BCUT2D eigenvalue weighted by molar-refractivity contribution is 6.00. The molecule has 1 fully saturated rings. The summed E-state index contributed by atoms with van der Waals surface area (Å²) in [7, 11) is 0. The van der Waals surface area contributed by atoms with E-state index in [1.165, 1.54) is 0 Å². The molecule has 4 aromatic rings. The average Bonchev–Trinajstić information content (AvgIpc) is 3.45. The fourth-order valence-electron chi connectivity index (χ4n) is 4.05. The van der Waals surface area contributed by atoms with Crippen LogP contribution in [0.2, 0.25) is 0 Å². The predicted molar refractivity (Wildman–Crippen MR) is 123 cm³/mol. The number of fused-ring (bicyclic) bond motifs is 1. The number of carbonyl (C=O) groups excluding carboxylic acids is 2. The molecule has 0 aliphatic carbocycles. The molecule has 1 N–H and O–H groups in total. The summed E-state index contributed by atoms with van der Waals surface area (Å²) < 4.78 is 5.50. The molecule has 1 aliphatic rings. The van der Waals surface area contributed by atoms with Crippen LogP contribution in [0.15, 0.2) is 77.3 Å². The molecule has 32 heavy (non-hydrogen) atoms. The maximum Gasteiger partial charge on any atom is 0.227 e. The van der Waals surface area contributed by atoms with Crippen molar-refractivity contribution >= 4 is 28.3 Å². The van der Waals surface area contributed by atoms with Crippen LogP contribution in [0.1, 0.15) is 17.7 Å². The van der Waals surface area contributed by atoms with Crippen molar-refractivity contribution in [3.63, 3.8) is 0 Å². The fourth-order valence-corrected chi connectivity index (χ4v) is 4.05. The number of aromatic nitrogens is 1. The van der Waals surface area contributed by atoms with Crippen molar-refractivity contribution in [2.75, 3.05) is 11.4 Å². The van der Waals surface area contributed by atoms with E-state index in [0.29, 0.717) is 18.0 Å². The van der Waals surface area contributed by atoms with Crippen molar-refractivity contribution in [2.45, 2.75) is 19.9 Å². The number of nitrogens with zero attached hydrogens (tertiary/aromatic N) is 2. The van der Waals surface area contributed by atoms with E-state index in [0.717, 1.165) is 27.6 Å². The Morgan fingerprint density at radius 3 is 2.66 bits per heavy atom. The summed E-state index contributed by atoms with van der Waals surface area (Å²) in [4.78, 5) is 26.8. The summed E-state index contributed by atoms with van der Waals surface area (Å²) in [6, 6.07) is 23.8. The van der Waals surface area contributed by atoms with Gasteiger partial charge in [-0.25, -0.2) is 0 Å². The normalized spacial score (nSPS) is 16.0. The van der Waals surface area contributed by atoms with Gasteiger partial charge in [0.15, 0.2) is 5.76 Å². The van der Waals surface area contributed by atoms with Gasteiger partial charge in [-0.15, -0.1) is 0 Å². The molecular weight excluding hydrogens is 402 g/mol.